The summed E-state index contributed by atoms with van der Waals surface area (Å²) < 4.78 is 5.09. The van der Waals surface area contributed by atoms with E-state index in [0.717, 1.165) is 11.3 Å². The molecule has 2 aromatic rings. The van der Waals surface area contributed by atoms with Crippen molar-refractivity contribution < 1.29 is 9.32 Å². The fourth-order valence-corrected chi connectivity index (χ4v) is 2.20. The summed E-state index contributed by atoms with van der Waals surface area (Å²) in [6, 6.07) is 1.88. The number of H-pyrrole nitrogens is 1. The van der Waals surface area contributed by atoms with E-state index in [1.165, 1.54) is 0 Å². The Balaban J connectivity index is 1.87. The zero-order valence-electron chi connectivity index (χ0n) is 13.9. The summed E-state index contributed by atoms with van der Waals surface area (Å²) >= 11 is 0. The lowest BCUT2D eigenvalue weighted by Gasteiger charge is -2.07. The first-order valence-corrected chi connectivity index (χ1v) is 7.65. The van der Waals surface area contributed by atoms with Gasteiger partial charge in [-0.25, -0.2) is 0 Å². The SMILES string of the molecule is Cc1cc(C)c(CNC(=O)CCc2nc(C(C)C)no2)c(=O)[nH]1. The van der Waals surface area contributed by atoms with Crippen molar-refractivity contribution in [3.63, 3.8) is 0 Å². The molecule has 7 heteroatoms. The van der Waals surface area contributed by atoms with Crippen LogP contribution in [0.25, 0.3) is 0 Å². The number of carbonyl (C=O) groups excluding carboxylic acids is 1. The van der Waals surface area contributed by atoms with Crippen LogP contribution >= 0.6 is 0 Å². The second kappa shape index (κ2) is 7.21. The van der Waals surface area contributed by atoms with Gasteiger partial charge < -0.3 is 14.8 Å². The number of hydrogen-bond acceptors (Lipinski definition) is 5. The third-order valence-corrected chi connectivity index (χ3v) is 3.52. The summed E-state index contributed by atoms with van der Waals surface area (Å²) in [6.45, 7) is 7.84. The number of aromatic nitrogens is 3. The molecule has 0 radical (unpaired) electrons. The summed E-state index contributed by atoms with van der Waals surface area (Å²) in [5, 5.41) is 6.61. The molecule has 23 heavy (non-hydrogen) atoms. The molecule has 0 bridgehead atoms. The molecule has 2 aromatic heterocycles. The van der Waals surface area contributed by atoms with E-state index in [4.69, 9.17) is 4.52 Å². The normalized spacial score (nSPS) is 11.0. The van der Waals surface area contributed by atoms with Gasteiger partial charge in [0.25, 0.3) is 5.56 Å². The Morgan fingerprint density at radius 3 is 2.74 bits per heavy atom. The number of pyridine rings is 1. The molecule has 0 unspecified atom stereocenters. The number of hydrogen-bond donors (Lipinski definition) is 2. The average Bonchev–Trinajstić information content (AvgIpc) is 2.93. The highest BCUT2D eigenvalue weighted by atomic mass is 16.5. The van der Waals surface area contributed by atoms with Crippen molar-refractivity contribution in [1.29, 1.82) is 0 Å². The van der Waals surface area contributed by atoms with Crippen LogP contribution < -0.4 is 10.9 Å². The van der Waals surface area contributed by atoms with Crippen LogP contribution in [-0.4, -0.2) is 21.0 Å². The van der Waals surface area contributed by atoms with Crippen LogP contribution in [0.1, 0.15) is 54.7 Å². The Labute approximate surface area is 134 Å². The van der Waals surface area contributed by atoms with Crippen molar-refractivity contribution in [2.75, 3.05) is 0 Å². The fourth-order valence-electron chi connectivity index (χ4n) is 2.20. The molecule has 0 aliphatic heterocycles. The number of aromatic amines is 1. The van der Waals surface area contributed by atoms with E-state index in [9.17, 15) is 9.59 Å². The van der Waals surface area contributed by atoms with Gasteiger partial charge in [0, 0.05) is 36.6 Å². The molecule has 0 aliphatic rings. The number of amides is 1. The lowest BCUT2D eigenvalue weighted by molar-refractivity contribution is -0.121. The summed E-state index contributed by atoms with van der Waals surface area (Å²) in [5.74, 6) is 1.13. The van der Waals surface area contributed by atoms with Gasteiger partial charge in [0.2, 0.25) is 11.8 Å². The van der Waals surface area contributed by atoms with Crippen molar-refractivity contribution in [3.8, 4) is 0 Å². The second-order valence-electron chi connectivity index (χ2n) is 5.92. The first-order chi connectivity index (χ1) is 10.9. The molecular formula is C16H22N4O3. The van der Waals surface area contributed by atoms with Gasteiger partial charge in [-0.05, 0) is 25.5 Å². The van der Waals surface area contributed by atoms with Crippen LogP contribution in [0.15, 0.2) is 15.4 Å². The molecule has 0 aromatic carbocycles. The quantitative estimate of drug-likeness (QED) is 0.845. The Morgan fingerprint density at radius 1 is 1.39 bits per heavy atom. The van der Waals surface area contributed by atoms with Crippen LogP contribution in [0.4, 0.5) is 0 Å². The molecule has 2 rings (SSSR count). The molecule has 1 amide bonds. The van der Waals surface area contributed by atoms with Gasteiger partial charge in [-0.15, -0.1) is 0 Å². The van der Waals surface area contributed by atoms with Crippen LogP contribution in [0.3, 0.4) is 0 Å². The van der Waals surface area contributed by atoms with Crippen LogP contribution in [0, 0.1) is 13.8 Å². The highest BCUT2D eigenvalue weighted by Gasteiger charge is 2.12. The maximum atomic E-state index is 11.9. The molecule has 0 aliphatic carbocycles. The van der Waals surface area contributed by atoms with Crippen LogP contribution in [0.5, 0.6) is 0 Å². The van der Waals surface area contributed by atoms with E-state index in [1.807, 2.05) is 33.8 Å². The van der Waals surface area contributed by atoms with E-state index >= 15 is 0 Å². The molecular weight excluding hydrogens is 296 g/mol. The summed E-state index contributed by atoms with van der Waals surface area (Å²) in [7, 11) is 0. The number of carbonyl (C=O) groups is 1. The summed E-state index contributed by atoms with van der Waals surface area (Å²) in [6.07, 6.45) is 0.622. The summed E-state index contributed by atoms with van der Waals surface area (Å²) in [4.78, 5) is 30.7. The predicted octanol–water partition coefficient (Wildman–Crippen LogP) is 1.75. The minimum atomic E-state index is -0.165. The van der Waals surface area contributed by atoms with Gasteiger partial charge in [-0.1, -0.05) is 19.0 Å². The maximum Gasteiger partial charge on any atom is 0.253 e. The largest absolute Gasteiger partial charge is 0.352 e. The molecule has 0 fully saturated rings. The van der Waals surface area contributed by atoms with Crippen molar-refractivity contribution >= 4 is 5.91 Å². The zero-order valence-corrected chi connectivity index (χ0v) is 13.9. The molecule has 2 heterocycles. The lowest BCUT2D eigenvalue weighted by atomic mass is 10.1. The monoisotopic (exact) mass is 318 g/mol. The smallest absolute Gasteiger partial charge is 0.253 e. The van der Waals surface area contributed by atoms with E-state index < -0.39 is 0 Å². The van der Waals surface area contributed by atoms with E-state index in [0.29, 0.717) is 23.7 Å². The van der Waals surface area contributed by atoms with Crippen molar-refractivity contribution in [2.45, 2.75) is 53.0 Å². The second-order valence-corrected chi connectivity index (χ2v) is 5.92. The van der Waals surface area contributed by atoms with Gasteiger partial charge in [0.15, 0.2) is 5.82 Å². The molecule has 0 atom stereocenters. The number of rotatable bonds is 6. The van der Waals surface area contributed by atoms with Gasteiger partial charge in [-0.2, -0.15) is 4.98 Å². The lowest BCUT2D eigenvalue weighted by Crippen LogP contribution is -2.28. The predicted molar refractivity (Wildman–Crippen MR) is 85.1 cm³/mol. The molecule has 7 nitrogen and oxygen atoms in total. The average molecular weight is 318 g/mol. The third-order valence-electron chi connectivity index (χ3n) is 3.52. The molecule has 0 saturated carbocycles. The van der Waals surface area contributed by atoms with Gasteiger partial charge >= 0.3 is 0 Å². The number of aryl methyl sites for hydroxylation is 3. The Hall–Kier alpha value is -2.44. The molecule has 0 saturated heterocycles. The minimum Gasteiger partial charge on any atom is -0.352 e. The van der Waals surface area contributed by atoms with Crippen LogP contribution in [-0.2, 0) is 17.8 Å². The van der Waals surface area contributed by atoms with Crippen LogP contribution in [0.2, 0.25) is 0 Å². The molecule has 2 N–H and O–H groups in total. The van der Waals surface area contributed by atoms with Crippen molar-refractivity contribution in [1.82, 2.24) is 20.4 Å². The number of nitrogens with one attached hydrogen (secondary N) is 2. The standard InChI is InChI=1S/C16H22N4O3/c1-9(2)15-19-14(23-20-15)6-5-13(21)17-8-12-10(3)7-11(4)18-16(12)22/h7,9H,5-6,8H2,1-4H3,(H,17,21)(H,18,22). The first kappa shape index (κ1) is 16.9. The van der Waals surface area contributed by atoms with Gasteiger partial charge in [-0.3, -0.25) is 9.59 Å². The minimum absolute atomic E-state index is 0.159. The van der Waals surface area contributed by atoms with Crippen molar-refractivity contribution in [3.05, 3.63) is 45.0 Å². The Bertz CT molecular complexity index is 746. The highest BCUT2D eigenvalue weighted by molar-refractivity contribution is 5.76. The first-order valence-electron chi connectivity index (χ1n) is 7.65. The maximum absolute atomic E-state index is 11.9. The summed E-state index contributed by atoms with van der Waals surface area (Å²) in [5.41, 5.74) is 2.08. The van der Waals surface area contributed by atoms with Crippen molar-refractivity contribution in [2.24, 2.45) is 0 Å². The molecule has 124 valence electrons. The topological polar surface area (TPSA) is 101 Å². The van der Waals surface area contributed by atoms with E-state index in [2.05, 4.69) is 20.4 Å². The zero-order chi connectivity index (χ0) is 17.0. The fraction of sp³-hybridized carbons (Fsp3) is 0.500. The Kier molecular flexibility index (Phi) is 5.31. The number of nitrogens with zero attached hydrogens (tertiary/aromatic N) is 2. The van der Waals surface area contributed by atoms with Gasteiger partial charge in [0.1, 0.15) is 0 Å². The van der Waals surface area contributed by atoms with E-state index in [-0.39, 0.29) is 30.3 Å². The van der Waals surface area contributed by atoms with E-state index in [1.54, 1.807) is 0 Å². The molecule has 0 spiro atoms. The Morgan fingerprint density at radius 2 is 2.13 bits per heavy atom. The third kappa shape index (κ3) is 4.51. The highest BCUT2D eigenvalue weighted by Crippen LogP contribution is 2.10. The van der Waals surface area contributed by atoms with Gasteiger partial charge in [0.05, 0.1) is 0 Å².